The molecule has 27 heavy (non-hydrogen) atoms. The van der Waals surface area contributed by atoms with E-state index in [4.69, 9.17) is 11.6 Å². The summed E-state index contributed by atoms with van der Waals surface area (Å²) in [6.07, 6.45) is 3.64. The number of nitrogens with one attached hydrogen (secondary N) is 1. The Kier molecular flexibility index (Phi) is 5.02. The molecular weight excluding hydrogens is 421 g/mol. The van der Waals surface area contributed by atoms with E-state index in [1.54, 1.807) is 6.20 Å². The van der Waals surface area contributed by atoms with Gasteiger partial charge in [0.2, 0.25) is 0 Å². The molecule has 0 bridgehead atoms. The van der Waals surface area contributed by atoms with Crippen LogP contribution in [-0.2, 0) is 7.05 Å². The molecule has 0 spiro atoms. The first-order valence-corrected chi connectivity index (χ1v) is 10.6. The van der Waals surface area contributed by atoms with E-state index in [-0.39, 0.29) is 21.7 Å². The fourth-order valence-corrected chi connectivity index (χ4v) is 5.45. The van der Waals surface area contributed by atoms with E-state index in [1.165, 1.54) is 4.35 Å². The molecule has 0 aliphatic heterocycles. The summed E-state index contributed by atoms with van der Waals surface area (Å²) in [7, 11) is 1.95. The molecule has 4 nitrogen and oxygen atoms in total. The van der Waals surface area contributed by atoms with Gasteiger partial charge in [-0.3, -0.25) is 0 Å². The van der Waals surface area contributed by atoms with Crippen LogP contribution in [0, 0.1) is 0 Å². The van der Waals surface area contributed by atoms with E-state index >= 15 is 0 Å². The Morgan fingerprint density at radius 3 is 2.70 bits per heavy atom. The number of aryl methyl sites for hydroxylation is 1. The first-order valence-electron chi connectivity index (χ1n) is 8.39. The van der Waals surface area contributed by atoms with Crippen LogP contribution in [0.3, 0.4) is 0 Å². The summed E-state index contributed by atoms with van der Waals surface area (Å²) >= 11 is 5.79. The number of rotatable bonds is 4. The van der Waals surface area contributed by atoms with Gasteiger partial charge in [0.05, 0.1) is 0 Å². The second-order valence-electron chi connectivity index (χ2n) is 6.10. The third-order valence-corrected chi connectivity index (χ3v) is 6.76. The van der Waals surface area contributed by atoms with E-state index in [1.807, 2.05) is 72.4 Å². The average Bonchev–Trinajstić information content (AvgIpc) is 3.05. The van der Waals surface area contributed by atoms with Crippen molar-refractivity contribution in [3.8, 4) is 0 Å². The molecule has 0 saturated carbocycles. The predicted molar refractivity (Wildman–Crippen MR) is 112 cm³/mol. The zero-order chi connectivity index (χ0) is 18.8. The van der Waals surface area contributed by atoms with Crippen molar-refractivity contribution in [3.05, 3.63) is 83.6 Å². The van der Waals surface area contributed by atoms with Crippen molar-refractivity contribution in [2.75, 3.05) is 5.32 Å². The fourth-order valence-electron chi connectivity index (χ4n) is 2.94. The number of benzene rings is 2. The van der Waals surface area contributed by atoms with Crippen LogP contribution >= 0.6 is 11.6 Å². The number of para-hydroxylation sites is 1. The number of halogens is 1. The zero-order valence-electron chi connectivity index (χ0n) is 14.6. The minimum atomic E-state index is -0.329. The Morgan fingerprint density at radius 2 is 1.93 bits per heavy atom. The average molecular weight is 437 g/mol. The Hall–Kier alpha value is -2.55. The Balaban J connectivity index is 1.71. The normalized spacial score (nSPS) is 11.3. The Bertz CT molecular complexity index is 1120. The van der Waals surface area contributed by atoms with Crippen LogP contribution in [0.25, 0.3) is 10.9 Å². The van der Waals surface area contributed by atoms with Crippen LogP contribution in [0.2, 0.25) is 5.02 Å². The van der Waals surface area contributed by atoms with Gasteiger partial charge in [-0.05, 0) is 0 Å². The standard InChI is InChI=1S/C21H16AsClN3O/c1-26-11-10-17-19(26)18(21(27)25-16-8-3-2-4-9-16)13-24-20(17)22-14-6-5-7-15(23)12-14/h2-13H,1H3,(H,25,27). The van der Waals surface area contributed by atoms with Gasteiger partial charge in [0.1, 0.15) is 0 Å². The molecule has 4 aromatic rings. The summed E-state index contributed by atoms with van der Waals surface area (Å²) < 4.78 is 4.16. The number of carbonyl (C=O) groups is 1. The molecule has 1 radical (unpaired) electrons. The van der Waals surface area contributed by atoms with Gasteiger partial charge in [0, 0.05) is 0 Å². The van der Waals surface area contributed by atoms with Gasteiger partial charge in [-0.1, -0.05) is 0 Å². The van der Waals surface area contributed by atoms with Crippen molar-refractivity contribution >= 4 is 58.7 Å². The quantitative estimate of drug-likeness (QED) is 0.500. The molecule has 0 atom stereocenters. The molecule has 6 heteroatoms. The molecule has 0 fully saturated rings. The first kappa shape index (κ1) is 17.8. The van der Waals surface area contributed by atoms with Gasteiger partial charge in [-0.2, -0.15) is 0 Å². The molecule has 2 aromatic heterocycles. The van der Waals surface area contributed by atoms with E-state index in [9.17, 15) is 4.79 Å². The monoisotopic (exact) mass is 436 g/mol. The van der Waals surface area contributed by atoms with Crippen molar-refractivity contribution in [1.82, 2.24) is 9.55 Å². The molecule has 0 aliphatic carbocycles. The number of carbonyl (C=O) groups excluding carboxylic acids is 1. The summed E-state index contributed by atoms with van der Waals surface area (Å²) in [5.41, 5.74) is 2.22. The van der Waals surface area contributed by atoms with Gasteiger partial charge in [-0.15, -0.1) is 0 Å². The molecular formula is C21H16AsClN3O. The van der Waals surface area contributed by atoms with Crippen LogP contribution in [0.15, 0.2) is 73.1 Å². The molecule has 133 valence electrons. The third-order valence-electron chi connectivity index (χ3n) is 4.20. The topological polar surface area (TPSA) is 46.9 Å². The van der Waals surface area contributed by atoms with Crippen LogP contribution in [0.1, 0.15) is 10.4 Å². The molecule has 2 aromatic carbocycles. The summed E-state index contributed by atoms with van der Waals surface area (Å²) in [4.78, 5) is 17.5. The third kappa shape index (κ3) is 3.78. The summed E-state index contributed by atoms with van der Waals surface area (Å²) in [5, 5.41) is 4.68. The van der Waals surface area contributed by atoms with Gasteiger partial charge < -0.3 is 0 Å². The first-order chi connectivity index (χ1) is 13.1. The van der Waals surface area contributed by atoms with E-state index in [0.717, 1.165) is 26.1 Å². The summed E-state index contributed by atoms with van der Waals surface area (Å²) in [6.45, 7) is 0. The maximum absolute atomic E-state index is 12.8. The van der Waals surface area contributed by atoms with E-state index in [2.05, 4.69) is 16.4 Å². The fraction of sp³-hybridized carbons (Fsp3) is 0.0476. The summed E-state index contributed by atoms with van der Waals surface area (Å²) in [5.74, 6) is -0.161. The van der Waals surface area contributed by atoms with Gasteiger partial charge in [0.15, 0.2) is 0 Å². The number of nitrogens with zero attached hydrogens (tertiary/aromatic N) is 2. The Morgan fingerprint density at radius 1 is 1.11 bits per heavy atom. The van der Waals surface area contributed by atoms with Crippen LogP contribution in [0.4, 0.5) is 5.69 Å². The van der Waals surface area contributed by atoms with Crippen molar-refractivity contribution in [3.63, 3.8) is 0 Å². The SMILES string of the molecule is Cn1ccc2c([As]c3cccc(Cl)c3)ncc(C(=O)Nc3ccccc3)c21. The zero-order valence-corrected chi connectivity index (χ0v) is 17.2. The number of amides is 1. The molecule has 4 rings (SSSR count). The number of hydrogen-bond acceptors (Lipinski definition) is 2. The van der Waals surface area contributed by atoms with Crippen LogP contribution in [0.5, 0.6) is 0 Å². The second-order valence-corrected chi connectivity index (χ2v) is 8.97. The van der Waals surface area contributed by atoms with Crippen molar-refractivity contribution in [1.29, 1.82) is 0 Å². The number of pyridine rings is 1. The van der Waals surface area contributed by atoms with Crippen LogP contribution in [-0.4, -0.2) is 31.2 Å². The van der Waals surface area contributed by atoms with E-state index in [0.29, 0.717) is 5.56 Å². The molecule has 1 amide bonds. The molecule has 0 unspecified atom stereocenters. The van der Waals surface area contributed by atoms with Gasteiger partial charge in [0.25, 0.3) is 0 Å². The maximum atomic E-state index is 12.8. The second kappa shape index (κ2) is 7.59. The molecule has 0 saturated heterocycles. The number of hydrogen-bond donors (Lipinski definition) is 1. The van der Waals surface area contributed by atoms with Crippen molar-refractivity contribution in [2.24, 2.45) is 7.05 Å². The van der Waals surface area contributed by atoms with E-state index < -0.39 is 0 Å². The van der Waals surface area contributed by atoms with Crippen LogP contribution < -0.4 is 14.1 Å². The predicted octanol–water partition coefficient (Wildman–Crippen LogP) is 3.13. The number of aromatic nitrogens is 2. The molecule has 1 N–H and O–H groups in total. The number of anilines is 1. The summed E-state index contributed by atoms with van der Waals surface area (Å²) in [6, 6.07) is 19.3. The van der Waals surface area contributed by atoms with Crippen molar-refractivity contribution < 1.29 is 4.79 Å². The minimum absolute atomic E-state index is 0.161. The molecule has 2 heterocycles. The van der Waals surface area contributed by atoms with Gasteiger partial charge in [-0.25, -0.2) is 0 Å². The Labute approximate surface area is 168 Å². The molecule has 0 aliphatic rings. The van der Waals surface area contributed by atoms with Gasteiger partial charge >= 0.3 is 169 Å². The van der Waals surface area contributed by atoms with Crippen molar-refractivity contribution in [2.45, 2.75) is 0 Å². The number of fused-ring (bicyclic) bond motifs is 1.